The van der Waals surface area contributed by atoms with Crippen LogP contribution >= 0.6 is 11.3 Å². The molecule has 0 aliphatic rings. The van der Waals surface area contributed by atoms with Crippen molar-refractivity contribution in [1.82, 2.24) is 15.0 Å². The number of fused-ring (bicyclic) bond motifs is 1. The molecule has 6 heteroatoms. The maximum Gasteiger partial charge on any atom is 0.364 e. The van der Waals surface area contributed by atoms with Crippen LogP contribution in [0.25, 0.3) is 20.9 Å². The summed E-state index contributed by atoms with van der Waals surface area (Å²) in [5.74, 6) is -0.0908. The molecular formula is C18H11N3O2S. The highest BCUT2D eigenvalue weighted by Crippen LogP contribution is 2.30. The number of rotatable bonds is 3. The van der Waals surface area contributed by atoms with Crippen LogP contribution in [0.2, 0.25) is 0 Å². The molecule has 0 fully saturated rings. The van der Waals surface area contributed by atoms with Crippen LogP contribution in [-0.4, -0.2) is 20.9 Å². The molecule has 2 heterocycles. The predicted molar refractivity (Wildman–Crippen MR) is 92.0 cm³/mol. The Morgan fingerprint density at radius 2 is 1.67 bits per heavy atom. The minimum Gasteiger partial charge on any atom is -0.422 e. The number of thiazole rings is 1. The van der Waals surface area contributed by atoms with Gasteiger partial charge in [0, 0.05) is 12.4 Å². The van der Waals surface area contributed by atoms with Gasteiger partial charge in [0.25, 0.3) is 0 Å². The molecular weight excluding hydrogens is 322 g/mol. The van der Waals surface area contributed by atoms with Crippen molar-refractivity contribution in [3.63, 3.8) is 0 Å². The summed E-state index contributed by atoms with van der Waals surface area (Å²) < 4.78 is 6.40. The molecule has 4 rings (SSSR count). The first-order valence-corrected chi connectivity index (χ1v) is 8.07. The topological polar surface area (TPSA) is 65.0 Å². The second-order valence-electron chi connectivity index (χ2n) is 4.94. The minimum absolute atomic E-state index is 0.153. The fourth-order valence-corrected chi connectivity index (χ4v) is 3.22. The predicted octanol–water partition coefficient (Wildman–Crippen LogP) is 3.97. The van der Waals surface area contributed by atoms with Crippen molar-refractivity contribution in [3.05, 3.63) is 72.7 Å². The van der Waals surface area contributed by atoms with Gasteiger partial charge < -0.3 is 4.74 Å². The van der Waals surface area contributed by atoms with E-state index in [1.54, 1.807) is 30.5 Å². The first-order chi connectivity index (χ1) is 11.8. The Morgan fingerprint density at radius 1 is 0.917 bits per heavy atom. The molecule has 0 bridgehead atoms. The summed E-state index contributed by atoms with van der Waals surface area (Å²) in [4.78, 5) is 25.5. The van der Waals surface area contributed by atoms with E-state index in [0.29, 0.717) is 16.5 Å². The zero-order valence-electron chi connectivity index (χ0n) is 12.4. The summed E-state index contributed by atoms with van der Waals surface area (Å²) in [5, 5.41) is 0.643. The van der Waals surface area contributed by atoms with Gasteiger partial charge in [-0.3, -0.25) is 0 Å². The lowest BCUT2D eigenvalue weighted by molar-refractivity contribution is 0.0729. The second-order valence-corrected chi connectivity index (χ2v) is 5.97. The van der Waals surface area contributed by atoms with E-state index in [1.807, 2.05) is 30.3 Å². The van der Waals surface area contributed by atoms with Crippen molar-refractivity contribution in [1.29, 1.82) is 0 Å². The fraction of sp³-hybridized carbons (Fsp3) is 0. The number of hydrogen-bond acceptors (Lipinski definition) is 6. The molecule has 4 aromatic rings. The number of carbonyl (C=O) groups is 1. The van der Waals surface area contributed by atoms with Gasteiger partial charge in [-0.25, -0.2) is 19.7 Å². The quantitative estimate of drug-likeness (QED) is 0.419. The third-order valence-corrected chi connectivity index (χ3v) is 4.38. The van der Waals surface area contributed by atoms with Crippen molar-refractivity contribution in [2.75, 3.05) is 0 Å². The number of carbonyl (C=O) groups excluding carboxylic acids is 1. The van der Waals surface area contributed by atoms with Crippen molar-refractivity contribution >= 4 is 27.5 Å². The Morgan fingerprint density at radius 3 is 2.50 bits per heavy atom. The van der Waals surface area contributed by atoms with Crippen LogP contribution < -0.4 is 4.74 Å². The third kappa shape index (κ3) is 2.75. The molecule has 0 N–H and O–H groups in total. The fourth-order valence-electron chi connectivity index (χ4n) is 2.26. The molecule has 2 aromatic heterocycles. The van der Waals surface area contributed by atoms with Crippen LogP contribution in [0.15, 0.2) is 67.0 Å². The maximum atomic E-state index is 12.5. The van der Waals surface area contributed by atoms with Gasteiger partial charge in [0.2, 0.25) is 0 Å². The van der Waals surface area contributed by atoms with Crippen molar-refractivity contribution in [2.45, 2.75) is 0 Å². The van der Waals surface area contributed by atoms with E-state index in [2.05, 4.69) is 15.0 Å². The van der Waals surface area contributed by atoms with Crippen LogP contribution in [0, 0.1) is 0 Å². The van der Waals surface area contributed by atoms with Gasteiger partial charge >= 0.3 is 5.97 Å². The average Bonchev–Trinajstić information content (AvgIpc) is 3.06. The van der Waals surface area contributed by atoms with Crippen LogP contribution in [0.4, 0.5) is 0 Å². The highest BCUT2D eigenvalue weighted by molar-refractivity contribution is 7.21. The van der Waals surface area contributed by atoms with Crippen LogP contribution in [-0.2, 0) is 0 Å². The smallest absolute Gasteiger partial charge is 0.364 e. The molecule has 0 saturated carbocycles. The van der Waals surface area contributed by atoms with Gasteiger partial charge in [-0.1, -0.05) is 30.3 Å². The average molecular weight is 333 g/mol. The molecule has 0 amide bonds. The summed E-state index contributed by atoms with van der Waals surface area (Å²) in [7, 11) is 0. The number of ether oxygens (including phenoxy) is 1. The van der Waals surface area contributed by atoms with E-state index in [-0.39, 0.29) is 5.69 Å². The first kappa shape index (κ1) is 14.5. The normalized spacial score (nSPS) is 10.7. The molecule has 116 valence electrons. The zero-order chi connectivity index (χ0) is 16.4. The molecule has 2 aromatic carbocycles. The van der Waals surface area contributed by atoms with Crippen molar-refractivity contribution < 1.29 is 9.53 Å². The Hall–Kier alpha value is -3.12. The summed E-state index contributed by atoms with van der Waals surface area (Å²) >= 11 is 1.47. The van der Waals surface area contributed by atoms with E-state index in [1.165, 1.54) is 17.5 Å². The van der Waals surface area contributed by atoms with E-state index in [0.717, 1.165) is 10.2 Å². The summed E-state index contributed by atoms with van der Waals surface area (Å²) in [5.41, 5.74) is 1.45. The van der Waals surface area contributed by atoms with Crippen LogP contribution in [0.5, 0.6) is 5.75 Å². The molecule has 0 unspecified atom stereocenters. The number of benzene rings is 2. The van der Waals surface area contributed by atoms with Crippen molar-refractivity contribution in [2.24, 2.45) is 0 Å². The molecule has 24 heavy (non-hydrogen) atoms. The minimum atomic E-state index is -0.552. The van der Waals surface area contributed by atoms with Gasteiger partial charge in [-0.15, -0.1) is 11.3 Å². The Kier molecular flexibility index (Phi) is 3.72. The highest BCUT2D eigenvalue weighted by Gasteiger charge is 2.20. The van der Waals surface area contributed by atoms with Crippen LogP contribution in [0.3, 0.4) is 0 Å². The molecule has 0 spiro atoms. The number of hydrogen-bond donors (Lipinski definition) is 0. The van der Waals surface area contributed by atoms with Crippen molar-refractivity contribution in [3.8, 4) is 16.5 Å². The zero-order valence-corrected chi connectivity index (χ0v) is 13.2. The molecule has 0 atom stereocenters. The number of aromatic nitrogens is 3. The number of nitrogens with zero attached hydrogens (tertiary/aromatic N) is 3. The maximum absolute atomic E-state index is 12.5. The Balaban J connectivity index is 1.73. The summed E-state index contributed by atoms with van der Waals surface area (Å²) in [6.45, 7) is 0. The third-order valence-electron chi connectivity index (χ3n) is 3.34. The molecule has 0 aliphatic heterocycles. The lowest BCUT2D eigenvalue weighted by atomic mass is 10.3. The Bertz CT molecular complexity index is 982. The highest BCUT2D eigenvalue weighted by atomic mass is 32.1. The van der Waals surface area contributed by atoms with E-state index >= 15 is 0 Å². The largest absolute Gasteiger partial charge is 0.422 e. The van der Waals surface area contributed by atoms with Gasteiger partial charge in [-0.2, -0.15) is 0 Å². The van der Waals surface area contributed by atoms with E-state index in [4.69, 9.17) is 4.74 Å². The number of para-hydroxylation sites is 2. The summed E-state index contributed by atoms with van der Waals surface area (Å²) in [6, 6.07) is 16.7. The molecule has 0 radical (unpaired) electrons. The van der Waals surface area contributed by atoms with Gasteiger partial charge in [0.1, 0.15) is 16.5 Å². The monoisotopic (exact) mass is 333 g/mol. The second kappa shape index (κ2) is 6.17. The van der Waals surface area contributed by atoms with E-state index < -0.39 is 5.97 Å². The SMILES string of the molecule is O=C(Oc1ccccc1)c1nccnc1-c1nc2ccccc2s1. The lowest BCUT2D eigenvalue weighted by Gasteiger charge is -2.05. The standard InChI is InChI=1S/C18H11N3O2S/c22-18(23-12-6-2-1-3-7-12)16-15(19-10-11-20-16)17-21-13-8-4-5-9-14(13)24-17/h1-11H. The van der Waals surface area contributed by atoms with Gasteiger partial charge in [0.15, 0.2) is 5.69 Å². The van der Waals surface area contributed by atoms with E-state index in [9.17, 15) is 4.79 Å². The molecule has 0 saturated heterocycles. The van der Waals surface area contributed by atoms with Gasteiger partial charge in [-0.05, 0) is 24.3 Å². The van der Waals surface area contributed by atoms with Gasteiger partial charge in [0.05, 0.1) is 10.2 Å². The lowest BCUT2D eigenvalue weighted by Crippen LogP contribution is -2.12. The van der Waals surface area contributed by atoms with Crippen LogP contribution in [0.1, 0.15) is 10.5 Å². The molecule has 0 aliphatic carbocycles. The summed E-state index contributed by atoms with van der Waals surface area (Å²) in [6.07, 6.45) is 3.01. The first-order valence-electron chi connectivity index (χ1n) is 7.25. The molecule has 5 nitrogen and oxygen atoms in total. The number of esters is 1. The Labute approximate surface area is 141 Å².